The summed E-state index contributed by atoms with van der Waals surface area (Å²) in [5.41, 5.74) is 1.17. The number of carbonyl (C=O) groups is 1. The number of benzene rings is 1. The largest absolute Gasteiger partial charge is 0.349 e. The van der Waals surface area contributed by atoms with Gasteiger partial charge < -0.3 is 5.32 Å². The summed E-state index contributed by atoms with van der Waals surface area (Å²) in [4.78, 5) is 16.0. The van der Waals surface area contributed by atoms with Crippen molar-refractivity contribution >= 4 is 15.7 Å². The molecule has 0 saturated heterocycles. The van der Waals surface area contributed by atoms with E-state index in [0.717, 1.165) is 24.5 Å². The molecule has 2 aromatic rings. The van der Waals surface area contributed by atoms with Gasteiger partial charge in [0.2, 0.25) is 5.95 Å². The molecule has 27 heavy (non-hydrogen) atoms. The van der Waals surface area contributed by atoms with Gasteiger partial charge in [-0.05, 0) is 62.3 Å². The number of aryl methyl sites for hydroxylation is 1. The van der Waals surface area contributed by atoms with E-state index >= 15 is 0 Å². The van der Waals surface area contributed by atoms with Crippen LogP contribution in [0.5, 0.6) is 0 Å². The highest BCUT2D eigenvalue weighted by molar-refractivity contribution is 7.91. The van der Waals surface area contributed by atoms with E-state index in [1.807, 2.05) is 13.0 Å². The van der Waals surface area contributed by atoms with Crippen LogP contribution in [0.3, 0.4) is 0 Å². The zero-order chi connectivity index (χ0) is 19.4. The van der Waals surface area contributed by atoms with Crippen LogP contribution in [0.4, 0.5) is 4.39 Å². The molecule has 144 valence electrons. The predicted octanol–water partition coefficient (Wildman–Crippen LogP) is 3.29. The van der Waals surface area contributed by atoms with Crippen molar-refractivity contribution in [3.05, 3.63) is 59.7 Å². The van der Waals surface area contributed by atoms with Gasteiger partial charge in [-0.1, -0.05) is 12.1 Å². The van der Waals surface area contributed by atoms with E-state index < -0.39 is 15.8 Å². The molecule has 1 aromatic carbocycles. The molecule has 0 spiro atoms. The van der Waals surface area contributed by atoms with E-state index in [9.17, 15) is 17.6 Å². The molecular formula is C20H23FN2O3S. The molecule has 0 bridgehead atoms. The van der Waals surface area contributed by atoms with Crippen molar-refractivity contribution in [2.75, 3.05) is 5.75 Å². The molecular weight excluding hydrogens is 367 g/mol. The average molecular weight is 390 g/mol. The molecule has 1 saturated carbocycles. The molecule has 1 aromatic heterocycles. The number of amides is 1. The third-order valence-corrected chi connectivity index (χ3v) is 6.86. The molecule has 1 aliphatic rings. The van der Waals surface area contributed by atoms with E-state index in [2.05, 4.69) is 10.3 Å². The minimum absolute atomic E-state index is 0.0216. The molecule has 1 fully saturated rings. The van der Waals surface area contributed by atoms with Crippen LogP contribution in [0, 0.1) is 18.8 Å². The Balaban J connectivity index is 1.54. The lowest BCUT2D eigenvalue weighted by Crippen LogP contribution is -2.38. The van der Waals surface area contributed by atoms with Gasteiger partial charge >= 0.3 is 0 Å². The van der Waals surface area contributed by atoms with Crippen molar-refractivity contribution in [3.8, 4) is 0 Å². The standard InChI is InChI=1S/C20H23FN2O3S/c1-14-3-2-4-18(11-14)27(25,26)13-15-5-7-17(8-6-15)23-20(24)16-9-10-22-19(21)12-16/h2-4,9-12,15,17H,5-8,13H2,1H3,(H,23,24). The summed E-state index contributed by atoms with van der Waals surface area (Å²) in [7, 11) is -3.31. The molecule has 0 atom stereocenters. The van der Waals surface area contributed by atoms with Crippen LogP contribution in [-0.4, -0.2) is 31.1 Å². The van der Waals surface area contributed by atoms with Gasteiger partial charge in [-0.15, -0.1) is 0 Å². The van der Waals surface area contributed by atoms with Crippen molar-refractivity contribution in [1.29, 1.82) is 0 Å². The van der Waals surface area contributed by atoms with Crippen LogP contribution in [0.25, 0.3) is 0 Å². The number of aromatic nitrogens is 1. The molecule has 0 radical (unpaired) electrons. The second-order valence-corrected chi connectivity index (χ2v) is 9.19. The number of hydrogen-bond donors (Lipinski definition) is 1. The van der Waals surface area contributed by atoms with Crippen LogP contribution >= 0.6 is 0 Å². The van der Waals surface area contributed by atoms with Gasteiger partial charge in [-0.2, -0.15) is 4.39 Å². The second-order valence-electron chi connectivity index (χ2n) is 7.16. The Hall–Kier alpha value is -2.28. The Labute approximate surface area is 158 Å². The van der Waals surface area contributed by atoms with Crippen LogP contribution in [-0.2, 0) is 9.84 Å². The lowest BCUT2D eigenvalue weighted by molar-refractivity contribution is 0.0922. The number of sulfone groups is 1. The fourth-order valence-corrected chi connectivity index (χ4v) is 5.30. The summed E-state index contributed by atoms with van der Waals surface area (Å²) in [5.74, 6) is -0.797. The lowest BCUT2D eigenvalue weighted by atomic mass is 9.87. The Morgan fingerprint density at radius 1 is 1.19 bits per heavy atom. The molecule has 1 amide bonds. The minimum atomic E-state index is -3.31. The van der Waals surface area contributed by atoms with Gasteiger partial charge in [0.05, 0.1) is 10.6 Å². The van der Waals surface area contributed by atoms with Crippen LogP contribution in [0.2, 0.25) is 0 Å². The molecule has 0 unspecified atom stereocenters. The third kappa shape index (κ3) is 5.13. The maximum Gasteiger partial charge on any atom is 0.251 e. The molecule has 7 heteroatoms. The third-order valence-electron chi connectivity index (χ3n) is 4.97. The molecule has 0 aliphatic heterocycles. The quantitative estimate of drug-likeness (QED) is 0.795. The van der Waals surface area contributed by atoms with Crippen LogP contribution < -0.4 is 5.32 Å². The van der Waals surface area contributed by atoms with E-state index in [-0.39, 0.29) is 29.2 Å². The fraction of sp³-hybridized carbons (Fsp3) is 0.400. The molecule has 1 aliphatic carbocycles. The van der Waals surface area contributed by atoms with Crippen LogP contribution in [0.1, 0.15) is 41.6 Å². The number of carbonyl (C=O) groups excluding carboxylic acids is 1. The minimum Gasteiger partial charge on any atom is -0.349 e. The van der Waals surface area contributed by atoms with Crippen molar-refractivity contribution in [2.45, 2.75) is 43.5 Å². The maximum atomic E-state index is 13.1. The number of rotatable bonds is 5. The number of halogens is 1. The average Bonchev–Trinajstić information content (AvgIpc) is 2.63. The topological polar surface area (TPSA) is 76.1 Å². The monoisotopic (exact) mass is 390 g/mol. The highest BCUT2D eigenvalue weighted by Crippen LogP contribution is 2.28. The Bertz CT molecular complexity index is 922. The van der Waals surface area contributed by atoms with Gasteiger partial charge in [0.25, 0.3) is 5.91 Å². The van der Waals surface area contributed by atoms with Gasteiger partial charge in [-0.3, -0.25) is 4.79 Å². The smallest absolute Gasteiger partial charge is 0.251 e. The zero-order valence-electron chi connectivity index (χ0n) is 15.2. The summed E-state index contributed by atoms with van der Waals surface area (Å²) in [5, 5.41) is 2.90. The van der Waals surface area contributed by atoms with Crippen molar-refractivity contribution < 1.29 is 17.6 Å². The maximum absolute atomic E-state index is 13.1. The van der Waals surface area contributed by atoms with Gasteiger partial charge in [0.1, 0.15) is 0 Å². The molecule has 3 rings (SSSR count). The van der Waals surface area contributed by atoms with E-state index in [0.29, 0.717) is 17.7 Å². The normalized spacial score (nSPS) is 20.2. The summed E-state index contributed by atoms with van der Waals surface area (Å²) in [6, 6.07) is 9.54. The molecule has 5 nitrogen and oxygen atoms in total. The highest BCUT2D eigenvalue weighted by atomic mass is 32.2. The number of nitrogens with one attached hydrogen (secondary N) is 1. The summed E-state index contributed by atoms with van der Waals surface area (Å²) >= 11 is 0. The van der Waals surface area contributed by atoms with Crippen molar-refractivity contribution in [1.82, 2.24) is 10.3 Å². The first-order valence-corrected chi connectivity index (χ1v) is 10.7. The Morgan fingerprint density at radius 2 is 1.93 bits per heavy atom. The predicted molar refractivity (Wildman–Crippen MR) is 101 cm³/mol. The van der Waals surface area contributed by atoms with E-state index in [1.165, 1.54) is 12.3 Å². The zero-order valence-corrected chi connectivity index (χ0v) is 16.0. The summed E-state index contributed by atoms with van der Waals surface area (Å²) in [6.07, 6.45) is 4.17. The summed E-state index contributed by atoms with van der Waals surface area (Å²) in [6.45, 7) is 1.88. The number of pyridine rings is 1. The Morgan fingerprint density at radius 3 is 2.59 bits per heavy atom. The van der Waals surface area contributed by atoms with E-state index in [4.69, 9.17) is 0 Å². The fourth-order valence-electron chi connectivity index (χ4n) is 3.50. The highest BCUT2D eigenvalue weighted by Gasteiger charge is 2.27. The van der Waals surface area contributed by atoms with Crippen molar-refractivity contribution in [3.63, 3.8) is 0 Å². The van der Waals surface area contributed by atoms with Crippen molar-refractivity contribution in [2.24, 2.45) is 5.92 Å². The Kier molecular flexibility index (Phi) is 5.89. The first-order valence-electron chi connectivity index (χ1n) is 9.05. The first kappa shape index (κ1) is 19.5. The molecule has 1 heterocycles. The number of nitrogens with zero attached hydrogens (tertiary/aromatic N) is 1. The second kappa shape index (κ2) is 8.17. The molecule has 1 N–H and O–H groups in total. The van der Waals surface area contributed by atoms with Crippen LogP contribution in [0.15, 0.2) is 47.5 Å². The van der Waals surface area contributed by atoms with Gasteiger partial charge in [0, 0.05) is 23.9 Å². The lowest BCUT2D eigenvalue weighted by Gasteiger charge is -2.29. The van der Waals surface area contributed by atoms with E-state index in [1.54, 1.807) is 18.2 Å². The van der Waals surface area contributed by atoms with Gasteiger partial charge in [-0.25, -0.2) is 13.4 Å². The SMILES string of the molecule is Cc1cccc(S(=O)(=O)CC2CCC(NC(=O)c3ccnc(F)c3)CC2)c1. The summed E-state index contributed by atoms with van der Waals surface area (Å²) < 4.78 is 38.4. The number of hydrogen-bond acceptors (Lipinski definition) is 4. The van der Waals surface area contributed by atoms with Gasteiger partial charge in [0.15, 0.2) is 9.84 Å². The first-order chi connectivity index (χ1) is 12.8.